The van der Waals surface area contributed by atoms with Crippen molar-refractivity contribution in [1.29, 1.82) is 0 Å². The fourth-order valence-corrected chi connectivity index (χ4v) is 5.75. The van der Waals surface area contributed by atoms with Crippen LogP contribution in [0.25, 0.3) is 0 Å². The summed E-state index contributed by atoms with van der Waals surface area (Å²) in [6.07, 6.45) is 10.4. The van der Waals surface area contributed by atoms with Gasteiger partial charge in [-0.25, -0.2) is 4.90 Å². The zero-order valence-corrected chi connectivity index (χ0v) is 15.6. The lowest BCUT2D eigenvalue weighted by atomic mass is 9.85. The Morgan fingerprint density at radius 3 is 2.19 bits per heavy atom. The number of anilines is 1. The molecule has 4 heteroatoms. The second-order valence-corrected chi connectivity index (χ2v) is 8.41. The van der Waals surface area contributed by atoms with Gasteiger partial charge in [0.15, 0.2) is 0 Å². The van der Waals surface area contributed by atoms with E-state index in [0.717, 1.165) is 18.4 Å². The molecule has 1 heterocycles. The highest BCUT2D eigenvalue weighted by molar-refractivity contribution is 6.32. The lowest BCUT2D eigenvalue weighted by Gasteiger charge is -2.23. The van der Waals surface area contributed by atoms with Crippen LogP contribution in [-0.2, 0) is 9.59 Å². The molecule has 26 heavy (non-hydrogen) atoms. The normalized spacial score (nSPS) is 32.8. The van der Waals surface area contributed by atoms with Crippen LogP contribution in [0.15, 0.2) is 41.5 Å². The Balaban J connectivity index is 1.55. The fourth-order valence-electron chi connectivity index (χ4n) is 5.58. The van der Waals surface area contributed by atoms with E-state index in [1.54, 1.807) is 6.07 Å². The minimum atomic E-state index is -0.222. The van der Waals surface area contributed by atoms with E-state index in [0.29, 0.717) is 10.7 Å². The van der Waals surface area contributed by atoms with Crippen LogP contribution in [0.4, 0.5) is 5.69 Å². The smallest absolute Gasteiger partial charge is 0.238 e. The molecule has 3 aliphatic carbocycles. The van der Waals surface area contributed by atoms with Gasteiger partial charge in [-0.15, -0.1) is 0 Å². The summed E-state index contributed by atoms with van der Waals surface area (Å²) in [6.45, 7) is 1.87. The van der Waals surface area contributed by atoms with Gasteiger partial charge >= 0.3 is 0 Å². The van der Waals surface area contributed by atoms with Crippen LogP contribution in [0.5, 0.6) is 0 Å². The first-order valence-electron chi connectivity index (χ1n) is 9.62. The molecule has 4 unspecified atom stereocenters. The van der Waals surface area contributed by atoms with Crippen molar-refractivity contribution in [3.05, 3.63) is 52.1 Å². The third-order valence-electron chi connectivity index (χ3n) is 6.76. The van der Waals surface area contributed by atoms with Gasteiger partial charge in [-0.05, 0) is 50.3 Å². The van der Waals surface area contributed by atoms with E-state index < -0.39 is 0 Å². The molecular formula is C22H22ClNO2. The average molecular weight is 368 g/mol. The van der Waals surface area contributed by atoms with Gasteiger partial charge in [0.1, 0.15) is 0 Å². The van der Waals surface area contributed by atoms with Crippen LogP contribution in [0.1, 0.15) is 37.7 Å². The topological polar surface area (TPSA) is 37.4 Å². The number of halogens is 1. The number of imide groups is 1. The Bertz CT molecular complexity index is 842. The number of allylic oxidation sites excluding steroid dienone is 4. The molecule has 0 N–H and O–H groups in total. The van der Waals surface area contributed by atoms with E-state index in [1.807, 2.05) is 19.1 Å². The van der Waals surface area contributed by atoms with Crippen LogP contribution in [0.2, 0.25) is 5.02 Å². The minimum absolute atomic E-state index is 0.0453. The Hall–Kier alpha value is -1.87. The number of carbonyl (C=O) groups is 2. The number of fused-ring (bicyclic) bond motifs is 5. The summed E-state index contributed by atoms with van der Waals surface area (Å²) in [7, 11) is 0. The highest BCUT2D eigenvalue weighted by Gasteiger charge is 2.62. The van der Waals surface area contributed by atoms with E-state index in [4.69, 9.17) is 11.6 Å². The van der Waals surface area contributed by atoms with Crippen LogP contribution >= 0.6 is 11.6 Å². The molecule has 3 nitrogen and oxygen atoms in total. The SMILES string of the molecule is Cc1c(Cl)cccc1N1C(=O)C2C3C=CC(C3=C3CCCCC3)C2C1=O. The molecule has 2 amide bonds. The first kappa shape index (κ1) is 16.3. The van der Waals surface area contributed by atoms with Crippen molar-refractivity contribution in [3.63, 3.8) is 0 Å². The maximum absolute atomic E-state index is 13.3. The van der Waals surface area contributed by atoms with Crippen LogP contribution in [0, 0.1) is 30.6 Å². The molecule has 4 atom stereocenters. The number of carbonyl (C=O) groups excluding carboxylic acids is 2. The molecule has 1 saturated heterocycles. The summed E-state index contributed by atoms with van der Waals surface area (Å²) in [5.74, 6) is -0.286. The van der Waals surface area contributed by atoms with E-state index in [9.17, 15) is 9.59 Å². The van der Waals surface area contributed by atoms with Crippen molar-refractivity contribution in [2.75, 3.05) is 4.90 Å². The maximum atomic E-state index is 13.3. The van der Waals surface area contributed by atoms with Gasteiger partial charge in [-0.3, -0.25) is 9.59 Å². The van der Waals surface area contributed by atoms with E-state index in [2.05, 4.69) is 12.2 Å². The zero-order valence-electron chi connectivity index (χ0n) is 14.9. The van der Waals surface area contributed by atoms with Crippen molar-refractivity contribution < 1.29 is 9.59 Å². The molecule has 0 radical (unpaired) electrons. The van der Waals surface area contributed by atoms with E-state index in [1.165, 1.54) is 35.3 Å². The van der Waals surface area contributed by atoms with Gasteiger partial charge in [-0.2, -0.15) is 0 Å². The number of hydrogen-bond acceptors (Lipinski definition) is 2. The molecule has 2 bridgehead atoms. The van der Waals surface area contributed by atoms with Gasteiger partial charge in [0.2, 0.25) is 11.8 Å². The zero-order chi connectivity index (χ0) is 18.0. The van der Waals surface area contributed by atoms with Gasteiger partial charge in [0, 0.05) is 16.9 Å². The second kappa shape index (κ2) is 5.82. The van der Waals surface area contributed by atoms with Crippen molar-refractivity contribution in [3.8, 4) is 0 Å². The average Bonchev–Trinajstić information content (AvgIpc) is 3.29. The standard InChI is InChI=1S/C22H22ClNO2/c1-12-16(23)8-5-9-17(12)24-21(25)19-14-10-11-15(20(19)22(24)26)18(14)13-6-3-2-4-7-13/h5,8-11,14-15,19-20H,2-4,6-7H2,1H3. The summed E-state index contributed by atoms with van der Waals surface area (Å²) in [6, 6.07) is 5.43. The lowest BCUT2D eigenvalue weighted by Crippen LogP contribution is -2.34. The molecule has 4 aliphatic rings. The van der Waals surface area contributed by atoms with Gasteiger partial charge in [-0.1, -0.05) is 47.4 Å². The molecule has 2 saturated carbocycles. The van der Waals surface area contributed by atoms with Gasteiger partial charge in [0.05, 0.1) is 17.5 Å². The van der Waals surface area contributed by atoms with Crippen molar-refractivity contribution >= 4 is 29.1 Å². The van der Waals surface area contributed by atoms with Gasteiger partial charge < -0.3 is 0 Å². The highest BCUT2D eigenvalue weighted by atomic mass is 35.5. The molecule has 1 aliphatic heterocycles. The predicted molar refractivity (Wildman–Crippen MR) is 102 cm³/mol. The largest absolute Gasteiger partial charge is 0.274 e. The maximum Gasteiger partial charge on any atom is 0.238 e. The Kier molecular flexibility index (Phi) is 3.65. The second-order valence-electron chi connectivity index (χ2n) is 8.00. The van der Waals surface area contributed by atoms with E-state index >= 15 is 0 Å². The minimum Gasteiger partial charge on any atom is -0.274 e. The summed E-state index contributed by atoms with van der Waals surface area (Å²) in [5, 5.41) is 0.589. The predicted octanol–water partition coefficient (Wildman–Crippen LogP) is 4.83. The number of amides is 2. The molecule has 1 aromatic rings. The molecule has 134 valence electrons. The van der Waals surface area contributed by atoms with Crippen molar-refractivity contribution in [2.24, 2.45) is 23.7 Å². The molecular weight excluding hydrogens is 346 g/mol. The number of nitrogens with zero attached hydrogens (tertiary/aromatic N) is 1. The van der Waals surface area contributed by atoms with Crippen molar-refractivity contribution in [1.82, 2.24) is 0 Å². The van der Waals surface area contributed by atoms with Crippen LogP contribution in [-0.4, -0.2) is 11.8 Å². The molecule has 5 rings (SSSR count). The third-order valence-corrected chi connectivity index (χ3v) is 7.17. The number of hydrogen-bond donors (Lipinski definition) is 0. The Morgan fingerprint density at radius 1 is 0.962 bits per heavy atom. The first-order valence-corrected chi connectivity index (χ1v) is 10.0. The molecule has 0 aromatic heterocycles. The monoisotopic (exact) mass is 367 g/mol. The molecule has 0 spiro atoms. The summed E-state index contributed by atoms with van der Waals surface area (Å²) >= 11 is 6.23. The molecule has 3 fully saturated rings. The summed E-state index contributed by atoms with van der Waals surface area (Å²) in [5.41, 5.74) is 4.37. The Morgan fingerprint density at radius 2 is 1.58 bits per heavy atom. The number of rotatable bonds is 1. The third kappa shape index (κ3) is 2.07. The Labute approximate surface area is 158 Å². The first-order chi connectivity index (χ1) is 12.6. The highest BCUT2D eigenvalue weighted by Crippen LogP contribution is 2.58. The fraction of sp³-hybridized carbons (Fsp3) is 0.455. The van der Waals surface area contributed by atoms with Crippen LogP contribution < -0.4 is 4.90 Å². The van der Waals surface area contributed by atoms with E-state index in [-0.39, 0.29) is 35.5 Å². The summed E-state index contributed by atoms with van der Waals surface area (Å²) < 4.78 is 0. The molecule has 1 aromatic carbocycles. The lowest BCUT2D eigenvalue weighted by molar-refractivity contribution is -0.122. The quantitative estimate of drug-likeness (QED) is 0.526. The number of benzene rings is 1. The van der Waals surface area contributed by atoms with Gasteiger partial charge in [0.25, 0.3) is 0 Å². The van der Waals surface area contributed by atoms with Crippen molar-refractivity contribution in [2.45, 2.75) is 39.0 Å². The van der Waals surface area contributed by atoms with Crippen LogP contribution in [0.3, 0.4) is 0 Å². The summed E-state index contributed by atoms with van der Waals surface area (Å²) in [4.78, 5) is 28.0.